The minimum absolute atomic E-state index is 0.941. The molecule has 0 bridgehead atoms. The molecule has 0 aliphatic carbocycles. The van der Waals surface area contributed by atoms with Gasteiger partial charge in [0.15, 0.2) is 0 Å². The van der Waals surface area contributed by atoms with Crippen LogP contribution in [0.3, 0.4) is 0 Å². The molecule has 0 radical (unpaired) electrons. The summed E-state index contributed by atoms with van der Waals surface area (Å²) in [5, 5.41) is 11.6. The molecule has 1 aromatic heterocycles. The third kappa shape index (κ3) is 3.78. The number of nitrogens with zero attached hydrogens (tertiary/aromatic N) is 4. The van der Waals surface area contributed by atoms with Gasteiger partial charge in [0.05, 0.1) is 6.54 Å². The Hall–Kier alpha value is -0.940. The Morgan fingerprint density at radius 2 is 2.24 bits per heavy atom. The fourth-order valence-electron chi connectivity index (χ4n) is 2.17. The van der Waals surface area contributed by atoms with Gasteiger partial charge in [-0.25, -0.2) is 0 Å². The second-order valence-electron chi connectivity index (χ2n) is 4.67. The molecule has 1 aliphatic rings. The van der Waals surface area contributed by atoms with E-state index in [9.17, 15) is 0 Å². The van der Waals surface area contributed by atoms with Gasteiger partial charge in [0.2, 0.25) is 0 Å². The number of rotatable bonds is 7. The van der Waals surface area contributed by atoms with Crippen molar-refractivity contribution in [3.8, 4) is 0 Å². The molecule has 0 unspecified atom stereocenters. The van der Waals surface area contributed by atoms with Crippen LogP contribution in [0.25, 0.3) is 0 Å². The lowest BCUT2D eigenvalue weighted by atomic mass is 10.2. The normalized spacial score (nSPS) is 16.1. The summed E-state index contributed by atoms with van der Waals surface area (Å²) in [5.41, 5.74) is 0. The van der Waals surface area contributed by atoms with E-state index in [2.05, 4.69) is 31.9 Å². The molecule has 0 aromatic carbocycles. The van der Waals surface area contributed by atoms with E-state index < -0.39 is 0 Å². The van der Waals surface area contributed by atoms with Crippen molar-refractivity contribution in [1.82, 2.24) is 25.0 Å². The van der Waals surface area contributed by atoms with Crippen LogP contribution in [-0.2, 0) is 13.1 Å². The first kappa shape index (κ1) is 12.5. The summed E-state index contributed by atoms with van der Waals surface area (Å²) in [5.74, 6) is 1.10. The zero-order valence-electron chi connectivity index (χ0n) is 10.7. The molecule has 0 spiro atoms. The van der Waals surface area contributed by atoms with E-state index in [-0.39, 0.29) is 0 Å². The maximum absolute atomic E-state index is 4.13. The standard InChI is InChI=1S/C12H23N5/c1-2-3-4-5-13-6-7-16-8-9-17-11-14-15-12(17)10-16/h11,13H,2-10H2,1H3. The highest BCUT2D eigenvalue weighted by molar-refractivity contribution is 4.89. The highest BCUT2D eigenvalue weighted by Crippen LogP contribution is 2.07. The molecule has 2 rings (SSSR count). The van der Waals surface area contributed by atoms with Gasteiger partial charge < -0.3 is 9.88 Å². The summed E-state index contributed by atoms with van der Waals surface area (Å²) in [7, 11) is 0. The second-order valence-corrected chi connectivity index (χ2v) is 4.67. The smallest absolute Gasteiger partial charge is 0.147 e. The predicted octanol–water partition coefficient (Wildman–Crippen LogP) is 0.873. The molecule has 1 N–H and O–H groups in total. The molecular formula is C12H23N5. The van der Waals surface area contributed by atoms with Gasteiger partial charge in [0.1, 0.15) is 12.2 Å². The zero-order valence-corrected chi connectivity index (χ0v) is 10.7. The van der Waals surface area contributed by atoms with Gasteiger partial charge in [-0.1, -0.05) is 19.8 Å². The van der Waals surface area contributed by atoms with Crippen molar-refractivity contribution < 1.29 is 0 Å². The molecule has 5 nitrogen and oxygen atoms in total. The third-order valence-corrected chi connectivity index (χ3v) is 3.28. The van der Waals surface area contributed by atoms with E-state index in [0.29, 0.717) is 0 Å². The fraction of sp³-hybridized carbons (Fsp3) is 0.833. The van der Waals surface area contributed by atoms with Gasteiger partial charge in [-0.15, -0.1) is 10.2 Å². The van der Waals surface area contributed by atoms with Crippen molar-refractivity contribution in [3.05, 3.63) is 12.2 Å². The van der Waals surface area contributed by atoms with Crippen molar-refractivity contribution in [3.63, 3.8) is 0 Å². The lowest BCUT2D eigenvalue weighted by molar-refractivity contribution is 0.217. The summed E-state index contributed by atoms with van der Waals surface area (Å²) in [6, 6.07) is 0. The molecule has 17 heavy (non-hydrogen) atoms. The minimum atomic E-state index is 0.941. The van der Waals surface area contributed by atoms with E-state index in [0.717, 1.165) is 45.1 Å². The van der Waals surface area contributed by atoms with Gasteiger partial charge in [-0.3, -0.25) is 4.90 Å². The predicted molar refractivity (Wildman–Crippen MR) is 67.7 cm³/mol. The van der Waals surface area contributed by atoms with Crippen LogP contribution in [-0.4, -0.2) is 45.8 Å². The SMILES string of the molecule is CCCCCNCCN1CCn2cnnc2C1. The number of aromatic nitrogens is 3. The van der Waals surface area contributed by atoms with Crippen LogP contribution in [0.1, 0.15) is 32.0 Å². The minimum Gasteiger partial charge on any atom is -0.315 e. The summed E-state index contributed by atoms with van der Waals surface area (Å²) in [4.78, 5) is 2.44. The number of hydrogen-bond acceptors (Lipinski definition) is 4. The average Bonchev–Trinajstić information content (AvgIpc) is 2.81. The van der Waals surface area contributed by atoms with E-state index in [4.69, 9.17) is 0 Å². The topological polar surface area (TPSA) is 46.0 Å². The molecular weight excluding hydrogens is 214 g/mol. The van der Waals surface area contributed by atoms with Crippen molar-refractivity contribution >= 4 is 0 Å². The highest BCUT2D eigenvalue weighted by Gasteiger charge is 2.16. The first-order chi connectivity index (χ1) is 8.40. The van der Waals surface area contributed by atoms with E-state index in [1.807, 2.05) is 6.33 Å². The molecule has 0 atom stereocenters. The van der Waals surface area contributed by atoms with Crippen molar-refractivity contribution in [2.75, 3.05) is 26.2 Å². The molecule has 96 valence electrons. The fourth-order valence-corrected chi connectivity index (χ4v) is 2.17. The molecule has 2 heterocycles. The first-order valence-electron chi connectivity index (χ1n) is 6.70. The summed E-state index contributed by atoms with van der Waals surface area (Å²) >= 11 is 0. The molecule has 0 fully saturated rings. The Morgan fingerprint density at radius 3 is 3.12 bits per heavy atom. The van der Waals surface area contributed by atoms with Crippen LogP contribution in [0.5, 0.6) is 0 Å². The molecule has 0 amide bonds. The lowest BCUT2D eigenvalue weighted by Crippen LogP contribution is -2.38. The van der Waals surface area contributed by atoms with Crippen LogP contribution in [0.15, 0.2) is 6.33 Å². The van der Waals surface area contributed by atoms with Crippen molar-refractivity contribution in [1.29, 1.82) is 0 Å². The molecule has 1 aliphatic heterocycles. The zero-order chi connectivity index (χ0) is 11.9. The van der Waals surface area contributed by atoms with E-state index in [1.165, 1.54) is 19.3 Å². The Kier molecular flexibility index (Phi) is 4.94. The Bertz CT molecular complexity index is 322. The first-order valence-corrected chi connectivity index (χ1v) is 6.70. The van der Waals surface area contributed by atoms with Gasteiger partial charge in [-0.05, 0) is 13.0 Å². The van der Waals surface area contributed by atoms with E-state index >= 15 is 0 Å². The van der Waals surface area contributed by atoms with Crippen molar-refractivity contribution in [2.45, 2.75) is 39.3 Å². The number of nitrogens with one attached hydrogen (secondary N) is 1. The van der Waals surface area contributed by atoms with Crippen LogP contribution in [0.4, 0.5) is 0 Å². The van der Waals surface area contributed by atoms with Crippen LogP contribution in [0, 0.1) is 0 Å². The average molecular weight is 237 g/mol. The third-order valence-electron chi connectivity index (χ3n) is 3.28. The van der Waals surface area contributed by atoms with E-state index in [1.54, 1.807) is 0 Å². The highest BCUT2D eigenvalue weighted by atomic mass is 15.3. The summed E-state index contributed by atoms with van der Waals surface area (Å²) in [6.45, 7) is 8.66. The van der Waals surface area contributed by atoms with Gasteiger partial charge in [0.25, 0.3) is 0 Å². The molecule has 5 heteroatoms. The molecule has 1 aromatic rings. The summed E-state index contributed by atoms with van der Waals surface area (Å²) in [6.07, 6.45) is 5.75. The van der Waals surface area contributed by atoms with Crippen LogP contribution in [0.2, 0.25) is 0 Å². The Labute approximate surface area is 103 Å². The maximum atomic E-state index is 4.13. The largest absolute Gasteiger partial charge is 0.315 e. The number of unbranched alkanes of at least 4 members (excludes halogenated alkanes) is 2. The Morgan fingerprint density at radius 1 is 1.29 bits per heavy atom. The summed E-state index contributed by atoms with van der Waals surface area (Å²) < 4.78 is 2.14. The molecule has 0 saturated carbocycles. The van der Waals surface area contributed by atoms with Crippen LogP contribution < -0.4 is 5.32 Å². The van der Waals surface area contributed by atoms with Crippen molar-refractivity contribution in [2.24, 2.45) is 0 Å². The molecule has 0 saturated heterocycles. The quantitative estimate of drug-likeness (QED) is 0.715. The number of fused-ring (bicyclic) bond motifs is 1. The maximum Gasteiger partial charge on any atom is 0.147 e. The monoisotopic (exact) mass is 237 g/mol. The van der Waals surface area contributed by atoms with Gasteiger partial charge in [-0.2, -0.15) is 0 Å². The van der Waals surface area contributed by atoms with Gasteiger partial charge >= 0.3 is 0 Å². The lowest BCUT2D eigenvalue weighted by Gasteiger charge is -2.26. The number of hydrogen-bond donors (Lipinski definition) is 1. The Balaban J connectivity index is 1.59. The second kappa shape index (κ2) is 6.71. The van der Waals surface area contributed by atoms with Crippen LogP contribution >= 0.6 is 0 Å². The van der Waals surface area contributed by atoms with Gasteiger partial charge in [0, 0.05) is 26.2 Å².